The Hall–Kier alpha value is -2.22. The van der Waals surface area contributed by atoms with Gasteiger partial charge in [0.2, 0.25) is 0 Å². The molecule has 1 atom stereocenters. The lowest BCUT2D eigenvalue weighted by Gasteiger charge is -2.34. The molecule has 1 saturated carbocycles. The number of aromatic nitrogens is 1. The standard InChI is InChI=1S/C24H34F3N5/c1-22(2,3)7-11-32-12-8-23(9-13-32)14-17(23)15-31-21(29)5-4-20(28)18-16-30-10-6-19(18)24(25,26)27/h4-6,10,16-17,28H,7-9,11-15H2,1-3H3,(H2,29,31)/b5-4-,28-20?. The van der Waals surface area contributed by atoms with Crippen LogP contribution < -0.4 is 5.73 Å². The zero-order chi connectivity index (χ0) is 23.6. The average Bonchev–Trinajstić information content (AvgIpc) is 3.40. The van der Waals surface area contributed by atoms with Gasteiger partial charge in [-0.1, -0.05) is 20.8 Å². The van der Waals surface area contributed by atoms with Crippen molar-refractivity contribution in [2.45, 2.75) is 52.6 Å². The normalized spacial score (nSPS) is 21.9. The van der Waals surface area contributed by atoms with Crippen LogP contribution in [-0.4, -0.2) is 47.6 Å². The first kappa shape index (κ1) is 24.4. The van der Waals surface area contributed by atoms with Gasteiger partial charge in [-0.3, -0.25) is 9.98 Å². The number of hydrogen-bond acceptors (Lipinski definition) is 4. The second kappa shape index (κ2) is 9.33. The predicted molar refractivity (Wildman–Crippen MR) is 122 cm³/mol. The molecular weight excluding hydrogens is 415 g/mol. The summed E-state index contributed by atoms with van der Waals surface area (Å²) >= 11 is 0. The van der Waals surface area contributed by atoms with Crippen LogP contribution in [0.2, 0.25) is 0 Å². The average molecular weight is 450 g/mol. The molecule has 2 fully saturated rings. The van der Waals surface area contributed by atoms with Crippen molar-refractivity contribution in [2.75, 3.05) is 26.2 Å². The van der Waals surface area contributed by atoms with Gasteiger partial charge in [0.05, 0.1) is 11.3 Å². The van der Waals surface area contributed by atoms with Gasteiger partial charge in [-0.25, -0.2) is 0 Å². The molecule has 1 saturated heterocycles. The molecule has 5 nitrogen and oxygen atoms in total. The molecule has 2 heterocycles. The van der Waals surface area contributed by atoms with Crippen molar-refractivity contribution in [3.63, 3.8) is 0 Å². The van der Waals surface area contributed by atoms with E-state index in [1.807, 2.05) is 0 Å². The van der Waals surface area contributed by atoms with E-state index in [2.05, 4.69) is 35.6 Å². The van der Waals surface area contributed by atoms with Gasteiger partial charge < -0.3 is 16.0 Å². The van der Waals surface area contributed by atoms with Crippen LogP contribution in [0.1, 0.15) is 57.6 Å². The smallest absolute Gasteiger partial charge is 0.384 e. The van der Waals surface area contributed by atoms with Crippen LogP contribution in [0.25, 0.3) is 0 Å². The SMILES string of the molecule is CC(C)(C)CCN1CCC2(CC1)CC2CN=C(N)/C=C\C(=N)c1cnccc1C(F)(F)F. The summed E-state index contributed by atoms with van der Waals surface area (Å²) in [7, 11) is 0. The van der Waals surface area contributed by atoms with E-state index in [1.54, 1.807) is 0 Å². The molecule has 8 heteroatoms. The molecule has 0 radical (unpaired) electrons. The van der Waals surface area contributed by atoms with E-state index in [-0.39, 0.29) is 17.1 Å². The van der Waals surface area contributed by atoms with E-state index in [1.165, 1.54) is 37.8 Å². The molecule has 32 heavy (non-hydrogen) atoms. The summed E-state index contributed by atoms with van der Waals surface area (Å²) in [5.74, 6) is 0.755. The summed E-state index contributed by atoms with van der Waals surface area (Å²) in [6.45, 7) is 10.9. The number of hydrogen-bond donors (Lipinski definition) is 2. The van der Waals surface area contributed by atoms with Crippen LogP contribution in [0, 0.1) is 22.2 Å². The Balaban J connectivity index is 1.49. The zero-order valence-electron chi connectivity index (χ0n) is 19.2. The maximum atomic E-state index is 13.1. The van der Waals surface area contributed by atoms with Gasteiger partial charge in [0.1, 0.15) is 5.84 Å². The number of nitrogens with one attached hydrogen (secondary N) is 1. The first-order valence-electron chi connectivity index (χ1n) is 11.2. The largest absolute Gasteiger partial charge is 0.417 e. The second-order valence-corrected chi connectivity index (χ2v) is 10.3. The van der Waals surface area contributed by atoms with Crippen molar-refractivity contribution in [3.8, 4) is 0 Å². The highest BCUT2D eigenvalue weighted by Crippen LogP contribution is 2.59. The fraction of sp³-hybridized carbons (Fsp3) is 0.625. The van der Waals surface area contributed by atoms with Gasteiger partial charge in [0.25, 0.3) is 0 Å². The lowest BCUT2D eigenvalue weighted by Crippen LogP contribution is -2.37. The van der Waals surface area contributed by atoms with Crippen molar-refractivity contribution in [1.29, 1.82) is 5.41 Å². The maximum Gasteiger partial charge on any atom is 0.417 e. The van der Waals surface area contributed by atoms with Gasteiger partial charge in [0, 0.05) is 24.5 Å². The van der Waals surface area contributed by atoms with E-state index in [0.717, 1.165) is 38.1 Å². The molecule has 1 spiro atoms. The third-order valence-corrected chi connectivity index (χ3v) is 6.72. The highest BCUT2D eigenvalue weighted by molar-refractivity contribution is 6.10. The molecule has 176 valence electrons. The summed E-state index contributed by atoms with van der Waals surface area (Å²) in [4.78, 5) is 10.7. The summed E-state index contributed by atoms with van der Waals surface area (Å²) in [5.41, 5.74) is 5.23. The van der Waals surface area contributed by atoms with Crippen LogP contribution in [0.3, 0.4) is 0 Å². The van der Waals surface area contributed by atoms with Crippen LogP contribution in [0.5, 0.6) is 0 Å². The highest BCUT2D eigenvalue weighted by Gasteiger charge is 2.54. The number of piperidine rings is 1. The number of amidine groups is 1. The van der Waals surface area contributed by atoms with Crippen molar-refractivity contribution < 1.29 is 13.2 Å². The van der Waals surface area contributed by atoms with Crippen molar-refractivity contribution in [2.24, 2.45) is 27.5 Å². The Labute approximate surface area is 188 Å². The van der Waals surface area contributed by atoms with Crippen LogP contribution in [-0.2, 0) is 6.18 Å². The summed E-state index contributed by atoms with van der Waals surface area (Å²) < 4.78 is 39.4. The molecule has 1 aromatic rings. The van der Waals surface area contributed by atoms with Crippen molar-refractivity contribution in [3.05, 3.63) is 41.7 Å². The number of nitrogens with two attached hydrogens (primary N) is 1. The number of halogens is 3. The molecule has 3 N–H and O–H groups in total. The zero-order valence-corrected chi connectivity index (χ0v) is 19.2. The summed E-state index contributed by atoms with van der Waals surface area (Å²) in [6, 6.07) is 0.871. The van der Waals surface area contributed by atoms with E-state index in [0.29, 0.717) is 23.3 Å². The number of allylic oxidation sites excluding steroid dienone is 1. The second-order valence-electron chi connectivity index (χ2n) is 10.3. The molecule has 0 amide bonds. The summed E-state index contributed by atoms with van der Waals surface area (Å²) in [5, 5.41) is 7.98. The quantitative estimate of drug-likeness (QED) is 0.458. The molecule has 1 aliphatic carbocycles. The van der Waals surface area contributed by atoms with E-state index < -0.39 is 11.7 Å². The highest BCUT2D eigenvalue weighted by atomic mass is 19.4. The van der Waals surface area contributed by atoms with Gasteiger partial charge in [0.15, 0.2) is 0 Å². The lowest BCUT2D eigenvalue weighted by molar-refractivity contribution is -0.137. The topological polar surface area (TPSA) is 78.4 Å². The first-order valence-corrected chi connectivity index (χ1v) is 11.2. The van der Waals surface area contributed by atoms with Crippen molar-refractivity contribution >= 4 is 11.5 Å². The molecule has 0 aromatic carbocycles. The number of likely N-dealkylation sites (tertiary alicyclic amines) is 1. The Bertz CT molecular complexity index is 874. The van der Waals surface area contributed by atoms with Gasteiger partial charge in [-0.15, -0.1) is 0 Å². The first-order chi connectivity index (χ1) is 14.9. The lowest BCUT2D eigenvalue weighted by atomic mass is 9.88. The van der Waals surface area contributed by atoms with E-state index in [4.69, 9.17) is 11.1 Å². The number of pyridine rings is 1. The predicted octanol–water partition coefficient (Wildman–Crippen LogP) is 4.92. The summed E-state index contributed by atoms with van der Waals surface area (Å²) in [6.07, 6.45) is 4.99. The van der Waals surface area contributed by atoms with Gasteiger partial charge >= 0.3 is 6.18 Å². The molecule has 1 unspecified atom stereocenters. The number of alkyl halides is 3. The third kappa shape index (κ3) is 6.40. The van der Waals surface area contributed by atoms with Crippen LogP contribution in [0.15, 0.2) is 35.6 Å². The Morgan fingerprint density at radius 3 is 2.59 bits per heavy atom. The number of nitrogens with zero attached hydrogens (tertiary/aromatic N) is 3. The minimum atomic E-state index is -4.54. The minimum absolute atomic E-state index is 0.233. The maximum absolute atomic E-state index is 13.1. The van der Waals surface area contributed by atoms with Crippen LogP contribution >= 0.6 is 0 Å². The Kier molecular flexibility index (Phi) is 7.12. The Morgan fingerprint density at radius 1 is 1.28 bits per heavy atom. The third-order valence-electron chi connectivity index (χ3n) is 6.72. The van der Waals surface area contributed by atoms with Gasteiger partial charge in [-0.05, 0) is 80.3 Å². The fourth-order valence-electron chi connectivity index (χ4n) is 4.40. The van der Waals surface area contributed by atoms with E-state index >= 15 is 0 Å². The molecule has 3 rings (SSSR count). The Morgan fingerprint density at radius 2 is 1.97 bits per heavy atom. The molecular formula is C24H34F3N5. The van der Waals surface area contributed by atoms with Gasteiger partial charge in [-0.2, -0.15) is 13.2 Å². The van der Waals surface area contributed by atoms with Crippen molar-refractivity contribution in [1.82, 2.24) is 9.88 Å². The minimum Gasteiger partial charge on any atom is -0.384 e. The van der Waals surface area contributed by atoms with Crippen LogP contribution in [0.4, 0.5) is 13.2 Å². The number of rotatable bonds is 7. The van der Waals surface area contributed by atoms with E-state index in [9.17, 15) is 13.2 Å². The molecule has 0 bridgehead atoms. The molecule has 2 aliphatic rings. The fourth-order valence-corrected chi connectivity index (χ4v) is 4.40. The molecule has 1 aromatic heterocycles. The monoisotopic (exact) mass is 449 g/mol. The molecule has 1 aliphatic heterocycles. The number of aliphatic imine (C=N–C) groups is 1.